The van der Waals surface area contributed by atoms with Crippen LogP contribution in [0, 0.1) is 5.92 Å². The van der Waals surface area contributed by atoms with E-state index in [-0.39, 0.29) is 11.9 Å². The first-order valence-corrected chi connectivity index (χ1v) is 9.96. The lowest BCUT2D eigenvalue weighted by Gasteiger charge is -2.31. The molecule has 6 heteroatoms. The van der Waals surface area contributed by atoms with Gasteiger partial charge < -0.3 is 14.5 Å². The summed E-state index contributed by atoms with van der Waals surface area (Å²) < 4.78 is 11.1. The fourth-order valence-electron chi connectivity index (χ4n) is 2.88. The molecule has 0 aliphatic heterocycles. The molecule has 0 unspecified atom stereocenters. The van der Waals surface area contributed by atoms with Crippen LogP contribution in [0.3, 0.4) is 0 Å². The summed E-state index contributed by atoms with van der Waals surface area (Å²) >= 11 is 0. The molecule has 0 aliphatic rings. The Morgan fingerprint density at radius 1 is 1.21 bits per heavy atom. The molecule has 2 aromatic rings. The molecule has 0 saturated carbocycles. The number of carbonyl (C=O) groups excluding carboxylic acids is 1. The van der Waals surface area contributed by atoms with Crippen molar-refractivity contribution in [2.75, 3.05) is 7.11 Å². The summed E-state index contributed by atoms with van der Waals surface area (Å²) in [4.78, 5) is 19.0. The van der Waals surface area contributed by atoms with E-state index in [1.54, 1.807) is 7.11 Å². The molecule has 0 bridgehead atoms. The summed E-state index contributed by atoms with van der Waals surface area (Å²) in [6.45, 7) is 11.8. The van der Waals surface area contributed by atoms with Crippen LogP contribution in [0.25, 0.3) is 0 Å². The lowest BCUT2D eigenvalue weighted by Crippen LogP contribution is -2.36. The minimum atomic E-state index is -0.197. The summed E-state index contributed by atoms with van der Waals surface area (Å²) in [5.41, 5.74) is 1.43. The first kappa shape index (κ1) is 22.0. The van der Waals surface area contributed by atoms with Crippen LogP contribution in [0.15, 0.2) is 34.9 Å². The summed E-state index contributed by atoms with van der Waals surface area (Å²) in [5.74, 6) is 1.66. The van der Waals surface area contributed by atoms with Crippen molar-refractivity contribution in [1.29, 1.82) is 0 Å². The zero-order valence-corrected chi connectivity index (χ0v) is 17.9. The Hall–Kier alpha value is -2.34. The molecule has 2 rings (SSSR count). The highest BCUT2D eigenvalue weighted by Gasteiger charge is 2.22. The molecule has 1 aromatic carbocycles. The summed E-state index contributed by atoms with van der Waals surface area (Å²) in [6, 6.07) is 8.42. The molecule has 0 aliphatic carbocycles. The van der Waals surface area contributed by atoms with E-state index in [9.17, 15) is 4.79 Å². The predicted octanol–water partition coefficient (Wildman–Crippen LogP) is 4.26. The molecule has 0 fully saturated rings. The molecule has 28 heavy (non-hydrogen) atoms. The van der Waals surface area contributed by atoms with Crippen LogP contribution in [0.4, 0.5) is 0 Å². The van der Waals surface area contributed by atoms with Crippen molar-refractivity contribution >= 4 is 5.91 Å². The zero-order chi connectivity index (χ0) is 20.7. The van der Waals surface area contributed by atoms with Crippen LogP contribution in [0.2, 0.25) is 0 Å². The molecule has 1 amide bonds. The van der Waals surface area contributed by atoms with E-state index in [0.29, 0.717) is 36.6 Å². The molecule has 0 saturated heterocycles. The normalized spacial score (nSPS) is 13.6. The topological polar surface area (TPSA) is 67.6 Å². The summed E-state index contributed by atoms with van der Waals surface area (Å²) in [7, 11) is 1.69. The van der Waals surface area contributed by atoms with Gasteiger partial charge >= 0.3 is 0 Å². The first-order valence-electron chi connectivity index (χ1n) is 9.96. The molecule has 1 aromatic heterocycles. The van der Waals surface area contributed by atoms with Gasteiger partial charge in [-0.2, -0.15) is 0 Å². The van der Waals surface area contributed by atoms with Gasteiger partial charge in [-0.25, -0.2) is 4.98 Å². The van der Waals surface area contributed by atoms with Crippen LogP contribution >= 0.6 is 0 Å². The van der Waals surface area contributed by atoms with Crippen LogP contribution in [-0.2, 0) is 13.1 Å². The van der Waals surface area contributed by atoms with Gasteiger partial charge in [0.25, 0.3) is 5.91 Å². The quantitative estimate of drug-likeness (QED) is 0.660. The van der Waals surface area contributed by atoms with Crippen molar-refractivity contribution in [3.05, 3.63) is 47.7 Å². The maximum absolute atomic E-state index is 12.3. The molecule has 2 atom stereocenters. The first-order chi connectivity index (χ1) is 13.3. The lowest BCUT2D eigenvalue weighted by molar-refractivity contribution is 0.0934. The van der Waals surface area contributed by atoms with Crippen LogP contribution < -0.4 is 10.1 Å². The Balaban J connectivity index is 2.16. The largest absolute Gasteiger partial charge is 0.496 e. The number of rotatable bonds is 10. The van der Waals surface area contributed by atoms with Gasteiger partial charge in [0.05, 0.1) is 13.7 Å². The standard InChI is InChI=1S/C22H33N3O3/c1-7-16(4)23-22(26)19-14-28-21(24-19)13-25(17(5)15(2)3)12-18-10-8-9-11-20(18)27-6/h8-11,14-17H,7,12-13H2,1-6H3,(H,23,26)/t16-,17-/m0/s1. The maximum atomic E-state index is 12.3. The van der Waals surface area contributed by atoms with E-state index in [1.807, 2.05) is 32.0 Å². The van der Waals surface area contributed by atoms with Gasteiger partial charge in [0.15, 0.2) is 5.69 Å². The lowest BCUT2D eigenvalue weighted by atomic mass is 10.0. The average molecular weight is 388 g/mol. The van der Waals surface area contributed by atoms with Gasteiger partial charge in [0, 0.05) is 24.2 Å². The number of nitrogens with one attached hydrogen (secondary N) is 1. The van der Waals surface area contributed by atoms with Crippen molar-refractivity contribution in [2.45, 2.75) is 66.2 Å². The third kappa shape index (κ3) is 5.83. The molecular formula is C22H33N3O3. The molecule has 1 heterocycles. The van der Waals surface area contributed by atoms with Gasteiger partial charge in [0.2, 0.25) is 5.89 Å². The highest BCUT2D eigenvalue weighted by atomic mass is 16.5. The number of ether oxygens (including phenoxy) is 1. The number of benzene rings is 1. The third-order valence-electron chi connectivity index (χ3n) is 5.22. The van der Waals surface area contributed by atoms with Gasteiger partial charge in [-0.05, 0) is 32.3 Å². The third-order valence-corrected chi connectivity index (χ3v) is 5.22. The van der Waals surface area contributed by atoms with Crippen molar-refractivity contribution in [3.8, 4) is 5.75 Å². The molecule has 0 radical (unpaired) electrons. The highest BCUT2D eigenvalue weighted by molar-refractivity contribution is 5.92. The number of hydrogen-bond acceptors (Lipinski definition) is 5. The number of aromatic nitrogens is 1. The predicted molar refractivity (Wildman–Crippen MR) is 110 cm³/mol. The SMILES string of the molecule is CC[C@H](C)NC(=O)c1coc(CN(Cc2ccccc2OC)[C@@H](C)C(C)C)n1. The smallest absolute Gasteiger partial charge is 0.273 e. The second-order valence-corrected chi connectivity index (χ2v) is 7.61. The fraction of sp³-hybridized carbons (Fsp3) is 0.545. The van der Waals surface area contributed by atoms with E-state index in [4.69, 9.17) is 9.15 Å². The number of methoxy groups -OCH3 is 1. The van der Waals surface area contributed by atoms with Crippen LogP contribution in [0.5, 0.6) is 5.75 Å². The van der Waals surface area contributed by atoms with Crippen LogP contribution in [0.1, 0.15) is 63.0 Å². The second-order valence-electron chi connectivity index (χ2n) is 7.61. The maximum Gasteiger partial charge on any atom is 0.273 e. The zero-order valence-electron chi connectivity index (χ0n) is 17.9. The van der Waals surface area contributed by atoms with E-state index < -0.39 is 0 Å². The summed E-state index contributed by atoms with van der Waals surface area (Å²) in [5, 5.41) is 2.92. The number of oxazole rings is 1. The Labute approximate surface area is 168 Å². The number of para-hydroxylation sites is 1. The van der Waals surface area contributed by atoms with E-state index in [1.165, 1.54) is 6.26 Å². The minimum absolute atomic E-state index is 0.107. The Bertz CT molecular complexity index is 757. The Morgan fingerprint density at radius 2 is 1.93 bits per heavy atom. The summed E-state index contributed by atoms with van der Waals surface area (Å²) in [6.07, 6.45) is 2.31. The van der Waals surface area contributed by atoms with E-state index in [2.05, 4.69) is 42.0 Å². The Morgan fingerprint density at radius 3 is 2.57 bits per heavy atom. The second kappa shape index (κ2) is 10.3. The number of nitrogens with zero attached hydrogens (tertiary/aromatic N) is 2. The van der Waals surface area contributed by atoms with Gasteiger partial charge in [-0.1, -0.05) is 39.0 Å². The van der Waals surface area contributed by atoms with Crippen molar-refractivity contribution in [2.24, 2.45) is 5.92 Å². The average Bonchev–Trinajstić information content (AvgIpc) is 3.15. The van der Waals surface area contributed by atoms with Gasteiger partial charge in [0.1, 0.15) is 12.0 Å². The number of carbonyl (C=O) groups is 1. The van der Waals surface area contributed by atoms with E-state index in [0.717, 1.165) is 17.7 Å². The molecule has 6 nitrogen and oxygen atoms in total. The van der Waals surface area contributed by atoms with Crippen molar-refractivity contribution < 1.29 is 13.9 Å². The highest BCUT2D eigenvalue weighted by Crippen LogP contribution is 2.23. The van der Waals surface area contributed by atoms with Crippen LogP contribution in [-0.4, -0.2) is 35.0 Å². The van der Waals surface area contributed by atoms with Gasteiger partial charge in [-0.3, -0.25) is 9.69 Å². The fourth-order valence-corrected chi connectivity index (χ4v) is 2.88. The molecular weight excluding hydrogens is 354 g/mol. The van der Waals surface area contributed by atoms with E-state index >= 15 is 0 Å². The molecule has 1 N–H and O–H groups in total. The number of hydrogen-bond donors (Lipinski definition) is 1. The Kier molecular flexibility index (Phi) is 8.05. The molecule has 0 spiro atoms. The van der Waals surface area contributed by atoms with Gasteiger partial charge in [-0.15, -0.1) is 0 Å². The van der Waals surface area contributed by atoms with Crippen molar-refractivity contribution in [1.82, 2.24) is 15.2 Å². The minimum Gasteiger partial charge on any atom is -0.496 e. The number of amides is 1. The van der Waals surface area contributed by atoms with Crippen molar-refractivity contribution in [3.63, 3.8) is 0 Å². The monoisotopic (exact) mass is 387 g/mol. The molecule has 154 valence electrons.